The summed E-state index contributed by atoms with van der Waals surface area (Å²) in [5.41, 5.74) is 3.50. The van der Waals surface area contributed by atoms with Crippen LogP contribution in [0.25, 0.3) is 21.3 Å². The molecule has 2 nitrogen and oxygen atoms in total. The summed E-state index contributed by atoms with van der Waals surface area (Å²) < 4.78 is 0.788. The molecule has 1 unspecified atom stereocenters. The summed E-state index contributed by atoms with van der Waals surface area (Å²) in [5.74, 6) is 0.593. The van der Waals surface area contributed by atoms with E-state index in [1.807, 2.05) is 12.1 Å². The van der Waals surface area contributed by atoms with E-state index in [4.69, 9.17) is 11.6 Å². The molecule has 0 radical (unpaired) electrons. The lowest BCUT2D eigenvalue weighted by Crippen LogP contribution is -2.09. The maximum absolute atomic E-state index is 6.06. The van der Waals surface area contributed by atoms with Crippen molar-refractivity contribution < 1.29 is 0 Å². The summed E-state index contributed by atoms with van der Waals surface area (Å²) in [6.45, 7) is 2.29. The first kappa shape index (κ1) is 12.3. The van der Waals surface area contributed by atoms with Gasteiger partial charge in [-0.15, -0.1) is 16.4 Å². The van der Waals surface area contributed by atoms with Crippen molar-refractivity contribution in [2.75, 3.05) is 0 Å². The Labute approximate surface area is 126 Å². The summed E-state index contributed by atoms with van der Waals surface area (Å²) in [7, 11) is 0. The van der Waals surface area contributed by atoms with E-state index in [0.29, 0.717) is 5.92 Å². The van der Waals surface area contributed by atoms with Crippen LogP contribution in [0.1, 0.15) is 30.5 Å². The molecular formula is C16H13ClN2S. The van der Waals surface area contributed by atoms with Crippen molar-refractivity contribution >= 4 is 33.7 Å². The summed E-state index contributed by atoms with van der Waals surface area (Å²) in [6.07, 6.45) is 2.18. The van der Waals surface area contributed by atoms with Gasteiger partial charge in [-0.3, -0.25) is 0 Å². The number of rotatable bonds is 1. The Morgan fingerprint density at radius 2 is 2.10 bits per heavy atom. The van der Waals surface area contributed by atoms with Crippen molar-refractivity contribution in [3.63, 3.8) is 0 Å². The number of benzene rings is 1. The van der Waals surface area contributed by atoms with E-state index in [0.717, 1.165) is 33.4 Å². The van der Waals surface area contributed by atoms with Gasteiger partial charge in [-0.05, 0) is 36.5 Å². The Morgan fingerprint density at radius 3 is 2.90 bits per heavy atom. The van der Waals surface area contributed by atoms with Crippen molar-refractivity contribution in [1.29, 1.82) is 0 Å². The molecule has 0 saturated carbocycles. The third-order valence-electron chi connectivity index (χ3n) is 4.06. The second-order valence-corrected chi connectivity index (χ2v) is 7.02. The van der Waals surface area contributed by atoms with Crippen LogP contribution in [0.2, 0.25) is 4.34 Å². The monoisotopic (exact) mass is 300 g/mol. The highest BCUT2D eigenvalue weighted by Crippen LogP contribution is 2.40. The lowest BCUT2D eigenvalue weighted by atomic mass is 9.84. The summed E-state index contributed by atoms with van der Waals surface area (Å²) in [6, 6.07) is 10.4. The van der Waals surface area contributed by atoms with Crippen LogP contribution in [0.3, 0.4) is 0 Å². The first-order valence-electron chi connectivity index (χ1n) is 6.78. The standard InChI is InChI=1S/C16H13ClN2S/c1-9-5-6-12-15-10(9)3-2-4-11(15)16(19-18-12)13-7-8-14(17)20-13/h2-4,7-9H,5-6H2,1H3. The lowest BCUT2D eigenvalue weighted by Gasteiger charge is -2.22. The highest BCUT2D eigenvalue weighted by Gasteiger charge is 2.22. The minimum absolute atomic E-state index is 0.593. The third kappa shape index (κ3) is 1.77. The molecule has 0 saturated heterocycles. The Morgan fingerprint density at radius 1 is 1.20 bits per heavy atom. The van der Waals surface area contributed by atoms with Gasteiger partial charge < -0.3 is 0 Å². The first-order valence-corrected chi connectivity index (χ1v) is 7.97. The molecule has 0 fully saturated rings. The van der Waals surface area contributed by atoms with Gasteiger partial charge in [0, 0.05) is 10.8 Å². The van der Waals surface area contributed by atoms with Crippen LogP contribution in [0.5, 0.6) is 0 Å². The molecule has 1 aliphatic rings. The van der Waals surface area contributed by atoms with Gasteiger partial charge in [-0.2, -0.15) is 5.10 Å². The number of halogens is 1. The van der Waals surface area contributed by atoms with Crippen LogP contribution < -0.4 is 0 Å². The van der Waals surface area contributed by atoms with E-state index >= 15 is 0 Å². The zero-order valence-corrected chi connectivity index (χ0v) is 12.6. The molecule has 4 heteroatoms. The Balaban J connectivity index is 2.06. The van der Waals surface area contributed by atoms with Gasteiger partial charge in [0.25, 0.3) is 0 Å². The van der Waals surface area contributed by atoms with Gasteiger partial charge in [-0.1, -0.05) is 36.7 Å². The topological polar surface area (TPSA) is 25.8 Å². The molecule has 1 atom stereocenters. The maximum Gasteiger partial charge on any atom is 0.111 e. The molecule has 4 rings (SSSR count). The van der Waals surface area contributed by atoms with Gasteiger partial charge in [0.1, 0.15) is 5.69 Å². The van der Waals surface area contributed by atoms with Crippen molar-refractivity contribution in [3.05, 3.63) is 45.9 Å². The zero-order chi connectivity index (χ0) is 13.7. The highest BCUT2D eigenvalue weighted by atomic mass is 35.5. The number of hydrogen-bond donors (Lipinski definition) is 0. The number of nitrogens with zero attached hydrogens (tertiary/aromatic N) is 2. The normalized spacial score (nSPS) is 17.6. The van der Waals surface area contributed by atoms with Crippen LogP contribution in [-0.2, 0) is 6.42 Å². The van der Waals surface area contributed by atoms with E-state index < -0.39 is 0 Å². The fraction of sp³-hybridized carbons (Fsp3) is 0.250. The lowest BCUT2D eigenvalue weighted by molar-refractivity contribution is 0.653. The predicted octanol–water partition coefficient (Wildman–Crippen LogP) is 5.06. The number of aryl methyl sites for hydroxylation is 1. The van der Waals surface area contributed by atoms with Crippen LogP contribution in [-0.4, -0.2) is 10.2 Å². The van der Waals surface area contributed by atoms with Gasteiger partial charge in [0.15, 0.2) is 0 Å². The van der Waals surface area contributed by atoms with Crippen molar-refractivity contribution in [2.45, 2.75) is 25.7 Å². The molecule has 1 aromatic carbocycles. The second kappa shape index (κ2) is 4.54. The minimum Gasteiger partial charge on any atom is -0.154 e. The molecular weight excluding hydrogens is 288 g/mol. The largest absolute Gasteiger partial charge is 0.154 e. The molecule has 0 bridgehead atoms. The molecule has 1 aliphatic carbocycles. The zero-order valence-electron chi connectivity index (χ0n) is 11.1. The van der Waals surface area contributed by atoms with E-state index in [1.165, 1.54) is 16.3 Å². The van der Waals surface area contributed by atoms with Gasteiger partial charge >= 0.3 is 0 Å². The highest BCUT2D eigenvalue weighted by molar-refractivity contribution is 7.19. The molecule has 100 valence electrons. The molecule has 0 N–H and O–H groups in total. The van der Waals surface area contributed by atoms with Crippen molar-refractivity contribution in [2.24, 2.45) is 0 Å². The molecule has 2 aromatic heterocycles. The van der Waals surface area contributed by atoms with Crippen LogP contribution in [0, 0.1) is 0 Å². The number of thiophene rings is 1. The van der Waals surface area contributed by atoms with Crippen molar-refractivity contribution in [1.82, 2.24) is 10.2 Å². The Bertz CT molecular complexity index is 809. The van der Waals surface area contributed by atoms with E-state index in [-0.39, 0.29) is 0 Å². The predicted molar refractivity (Wildman–Crippen MR) is 84.6 cm³/mol. The van der Waals surface area contributed by atoms with Gasteiger partial charge in [-0.25, -0.2) is 0 Å². The Hall–Kier alpha value is -1.45. The average Bonchev–Trinajstić information content (AvgIpc) is 2.89. The van der Waals surface area contributed by atoms with E-state index in [1.54, 1.807) is 11.3 Å². The van der Waals surface area contributed by atoms with E-state index in [2.05, 4.69) is 35.3 Å². The van der Waals surface area contributed by atoms with Gasteiger partial charge in [0.05, 0.1) is 14.9 Å². The molecule has 2 heterocycles. The fourth-order valence-corrected chi connectivity index (χ4v) is 4.06. The fourth-order valence-electron chi connectivity index (χ4n) is 3.02. The second-order valence-electron chi connectivity index (χ2n) is 5.31. The summed E-state index contributed by atoms with van der Waals surface area (Å²) in [5, 5.41) is 11.4. The van der Waals surface area contributed by atoms with Crippen molar-refractivity contribution in [3.8, 4) is 10.6 Å². The third-order valence-corrected chi connectivity index (χ3v) is 5.30. The number of aromatic nitrogens is 2. The van der Waals surface area contributed by atoms with Gasteiger partial charge in [0.2, 0.25) is 0 Å². The smallest absolute Gasteiger partial charge is 0.111 e. The molecule has 0 spiro atoms. The minimum atomic E-state index is 0.593. The number of hydrogen-bond acceptors (Lipinski definition) is 3. The molecule has 3 aromatic rings. The Kier molecular flexibility index (Phi) is 2.79. The molecule has 0 amide bonds. The van der Waals surface area contributed by atoms with E-state index in [9.17, 15) is 0 Å². The SMILES string of the molecule is CC1CCc2nnc(-c3ccc(Cl)s3)c3cccc1c23. The summed E-state index contributed by atoms with van der Waals surface area (Å²) in [4.78, 5) is 1.09. The molecule has 20 heavy (non-hydrogen) atoms. The first-order chi connectivity index (χ1) is 9.74. The summed E-state index contributed by atoms with van der Waals surface area (Å²) >= 11 is 7.61. The van der Waals surface area contributed by atoms with Crippen LogP contribution >= 0.6 is 22.9 Å². The quantitative estimate of drug-likeness (QED) is 0.627. The van der Waals surface area contributed by atoms with Crippen LogP contribution in [0.15, 0.2) is 30.3 Å². The average molecular weight is 301 g/mol. The maximum atomic E-state index is 6.06. The molecule has 0 aliphatic heterocycles. The van der Waals surface area contributed by atoms with Crippen LogP contribution in [0.4, 0.5) is 0 Å².